The first-order valence-electron chi connectivity index (χ1n) is 11.4. The summed E-state index contributed by atoms with van der Waals surface area (Å²) in [6.45, 7) is 20.9. The number of hydrogen-bond donors (Lipinski definition) is 0. The molecule has 0 unspecified atom stereocenters. The number of nitrogens with zero attached hydrogens (tertiary/aromatic N) is 3. The number of rotatable bonds is 9. The maximum absolute atomic E-state index is 6.56. The number of benzene rings is 1. The number of unbranched alkanes of at least 4 members (excludes halogenated alkanes) is 1. The number of piperazine rings is 1. The molecule has 2 heterocycles. The summed E-state index contributed by atoms with van der Waals surface area (Å²) in [6.07, 6.45) is 11.3. The quantitative estimate of drug-likeness (QED) is 0.375. The molecule has 0 spiro atoms. The molecular weight excluding hydrogens is 414 g/mol. The Morgan fingerprint density at radius 3 is 2.47 bits per heavy atom. The largest absolute Gasteiger partial charge is 0.372 e. The van der Waals surface area contributed by atoms with E-state index in [1.54, 1.807) is 0 Å². The minimum absolute atomic E-state index is 0.682. The van der Waals surface area contributed by atoms with Crippen LogP contribution in [-0.4, -0.2) is 41.0 Å². The third kappa shape index (κ3) is 5.72. The maximum atomic E-state index is 6.56. The minimum Gasteiger partial charge on any atom is -0.372 e. The predicted octanol–water partition coefficient (Wildman–Crippen LogP) is 7.33. The lowest BCUT2D eigenvalue weighted by atomic mass is 10.1. The Labute approximate surface area is 198 Å². The zero-order valence-electron chi connectivity index (χ0n) is 19.4. The van der Waals surface area contributed by atoms with Crippen molar-refractivity contribution in [3.8, 4) is 0 Å². The van der Waals surface area contributed by atoms with Gasteiger partial charge in [0.1, 0.15) is 0 Å². The molecular formula is C28H34ClN3. The Balaban J connectivity index is 1.75. The molecule has 3 nitrogen and oxygen atoms in total. The molecule has 2 aromatic rings. The van der Waals surface area contributed by atoms with Crippen LogP contribution in [0.2, 0.25) is 5.02 Å². The summed E-state index contributed by atoms with van der Waals surface area (Å²) in [6, 6.07) is 8.09. The molecule has 0 N–H and O–H groups in total. The molecule has 0 atom stereocenters. The second kappa shape index (κ2) is 11.2. The molecule has 0 amide bonds. The van der Waals surface area contributed by atoms with Crippen LogP contribution in [0.3, 0.4) is 0 Å². The van der Waals surface area contributed by atoms with Crippen molar-refractivity contribution in [2.45, 2.75) is 33.1 Å². The number of aromatic nitrogens is 1. The minimum atomic E-state index is 0.682. The molecule has 3 rings (SSSR count). The van der Waals surface area contributed by atoms with Crippen molar-refractivity contribution >= 4 is 33.8 Å². The van der Waals surface area contributed by atoms with Crippen molar-refractivity contribution in [2.24, 2.45) is 0 Å². The fourth-order valence-electron chi connectivity index (χ4n) is 3.91. The van der Waals surface area contributed by atoms with E-state index in [0.29, 0.717) is 5.02 Å². The summed E-state index contributed by atoms with van der Waals surface area (Å²) in [5.74, 6) is 0. The van der Waals surface area contributed by atoms with Crippen molar-refractivity contribution in [3.05, 3.63) is 90.3 Å². The SMILES string of the molecule is C=C(/C=C\C=C/C)c1cc(Cl)c2ccc(C(=C)N3CCN(C(=C)CCCC)CC3)cc2n1. The van der Waals surface area contributed by atoms with Crippen LogP contribution in [0.1, 0.15) is 44.4 Å². The van der Waals surface area contributed by atoms with E-state index in [9.17, 15) is 0 Å². The Hall–Kier alpha value is -2.78. The topological polar surface area (TPSA) is 19.4 Å². The molecule has 32 heavy (non-hydrogen) atoms. The van der Waals surface area contributed by atoms with Gasteiger partial charge in [0, 0.05) is 43.0 Å². The smallest absolute Gasteiger partial charge is 0.0731 e. The van der Waals surface area contributed by atoms with Crippen LogP contribution in [-0.2, 0) is 0 Å². The Morgan fingerprint density at radius 2 is 1.78 bits per heavy atom. The second-order valence-corrected chi connectivity index (χ2v) is 8.63. The first-order chi connectivity index (χ1) is 15.4. The van der Waals surface area contributed by atoms with Gasteiger partial charge in [-0.1, -0.05) is 81.1 Å². The van der Waals surface area contributed by atoms with Crippen molar-refractivity contribution in [2.75, 3.05) is 26.2 Å². The molecule has 1 saturated heterocycles. The van der Waals surface area contributed by atoms with Gasteiger partial charge in [-0.2, -0.15) is 0 Å². The van der Waals surface area contributed by atoms with Gasteiger partial charge in [-0.15, -0.1) is 0 Å². The maximum Gasteiger partial charge on any atom is 0.0731 e. The van der Waals surface area contributed by atoms with Crippen molar-refractivity contribution in [1.29, 1.82) is 0 Å². The highest BCUT2D eigenvalue weighted by molar-refractivity contribution is 6.35. The van der Waals surface area contributed by atoms with Crippen LogP contribution in [0.15, 0.2) is 74.0 Å². The molecule has 1 aliphatic heterocycles. The molecule has 168 valence electrons. The summed E-state index contributed by atoms with van der Waals surface area (Å²) in [7, 11) is 0. The van der Waals surface area contributed by atoms with Gasteiger partial charge in [-0.05, 0) is 43.0 Å². The van der Waals surface area contributed by atoms with E-state index in [2.05, 4.69) is 48.6 Å². The van der Waals surface area contributed by atoms with Crippen LogP contribution in [0.25, 0.3) is 22.2 Å². The highest BCUT2D eigenvalue weighted by atomic mass is 35.5. The van der Waals surface area contributed by atoms with E-state index in [1.807, 2.05) is 43.4 Å². The van der Waals surface area contributed by atoms with Crippen molar-refractivity contribution in [1.82, 2.24) is 14.8 Å². The van der Waals surface area contributed by atoms with E-state index in [0.717, 1.165) is 66.0 Å². The number of halogens is 1. The number of allylic oxidation sites excluding steroid dienone is 6. The average molecular weight is 448 g/mol. The van der Waals surface area contributed by atoms with Crippen molar-refractivity contribution in [3.63, 3.8) is 0 Å². The summed E-state index contributed by atoms with van der Waals surface area (Å²) in [4.78, 5) is 9.60. The van der Waals surface area contributed by atoms with Gasteiger partial charge < -0.3 is 9.80 Å². The monoisotopic (exact) mass is 447 g/mol. The van der Waals surface area contributed by atoms with Crippen LogP contribution >= 0.6 is 11.6 Å². The predicted molar refractivity (Wildman–Crippen MR) is 141 cm³/mol. The fraction of sp³-hybridized carbons (Fsp3) is 0.321. The molecule has 0 saturated carbocycles. The molecule has 1 fully saturated rings. The van der Waals surface area contributed by atoms with Crippen LogP contribution < -0.4 is 0 Å². The van der Waals surface area contributed by atoms with E-state index >= 15 is 0 Å². The third-order valence-corrected chi connectivity index (χ3v) is 6.26. The normalized spacial score (nSPS) is 14.6. The number of fused-ring (bicyclic) bond motifs is 1. The second-order valence-electron chi connectivity index (χ2n) is 8.22. The summed E-state index contributed by atoms with van der Waals surface area (Å²) in [5, 5.41) is 1.62. The van der Waals surface area contributed by atoms with Gasteiger partial charge in [0.25, 0.3) is 0 Å². The molecule has 0 bridgehead atoms. The van der Waals surface area contributed by atoms with Crippen LogP contribution in [0.4, 0.5) is 0 Å². The highest BCUT2D eigenvalue weighted by Gasteiger charge is 2.20. The van der Waals surface area contributed by atoms with Crippen LogP contribution in [0.5, 0.6) is 0 Å². The molecule has 0 aliphatic carbocycles. The van der Waals surface area contributed by atoms with E-state index < -0.39 is 0 Å². The fourth-order valence-corrected chi connectivity index (χ4v) is 4.18. The van der Waals surface area contributed by atoms with Crippen molar-refractivity contribution < 1.29 is 0 Å². The van der Waals surface area contributed by atoms with E-state index in [1.165, 1.54) is 18.5 Å². The zero-order valence-corrected chi connectivity index (χ0v) is 20.2. The average Bonchev–Trinajstić information content (AvgIpc) is 2.81. The Morgan fingerprint density at radius 1 is 1.06 bits per heavy atom. The number of pyridine rings is 1. The summed E-state index contributed by atoms with van der Waals surface area (Å²) < 4.78 is 0. The van der Waals surface area contributed by atoms with Gasteiger partial charge >= 0.3 is 0 Å². The lowest BCUT2D eigenvalue weighted by Gasteiger charge is -2.39. The Bertz CT molecular complexity index is 1060. The molecule has 0 radical (unpaired) electrons. The standard InChI is InChI=1S/C28H34ClN3/c1-6-8-10-11-21(3)27-20-26(29)25-14-13-24(19-28(25)30-27)23(5)32-17-15-31(16-18-32)22(4)12-9-7-2/h6,8,10-11,13-14,19-20H,3-5,7,9,12,15-18H2,1-2H3/b8-6-,11-10-. The number of hydrogen-bond acceptors (Lipinski definition) is 3. The first kappa shape index (κ1) is 23.9. The van der Waals surface area contributed by atoms with Crippen LogP contribution in [0, 0.1) is 0 Å². The third-order valence-electron chi connectivity index (χ3n) is 5.95. The van der Waals surface area contributed by atoms with Gasteiger partial charge in [0.15, 0.2) is 0 Å². The van der Waals surface area contributed by atoms with Gasteiger partial charge in [-0.25, -0.2) is 4.98 Å². The van der Waals surface area contributed by atoms with Gasteiger partial charge in [0.2, 0.25) is 0 Å². The first-order valence-corrected chi connectivity index (χ1v) is 11.8. The summed E-state index contributed by atoms with van der Waals surface area (Å²) in [5.41, 5.74) is 5.84. The lowest BCUT2D eigenvalue weighted by molar-refractivity contribution is 0.209. The molecule has 1 aliphatic rings. The lowest BCUT2D eigenvalue weighted by Crippen LogP contribution is -2.44. The highest BCUT2D eigenvalue weighted by Crippen LogP contribution is 2.29. The van der Waals surface area contributed by atoms with E-state index in [4.69, 9.17) is 16.6 Å². The zero-order chi connectivity index (χ0) is 23.1. The van der Waals surface area contributed by atoms with E-state index in [-0.39, 0.29) is 0 Å². The molecule has 4 heteroatoms. The van der Waals surface area contributed by atoms with Gasteiger partial charge in [-0.3, -0.25) is 0 Å². The molecule has 1 aromatic carbocycles. The van der Waals surface area contributed by atoms with Gasteiger partial charge in [0.05, 0.1) is 16.2 Å². The Kier molecular flexibility index (Phi) is 8.35. The summed E-state index contributed by atoms with van der Waals surface area (Å²) >= 11 is 6.56. The molecule has 1 aromatic heterocycles.